The predicted molar refractivity (Wildman–Crippen MR) is 204 cm³/mol. The van der Waals surface area contributed by atoms with E-state index < -0.39 is 48.4 Å². The van der Waals surface area contributed by atoms with Crippen LogP contribution in [0.2, 0.25) is 18.1 Å². The van der Waals surface area contributed by atoms with Crippen LogP contribution in [0.3, 0.4) is 0 Å². The molecule has 2 rings (SSSR count). The van der Waals surface area contributed by atoms with Gasteiger partial charge in [0, 0.05) is 18.5 Å². The molecule has 2 aromatic rings. The number of amides is 2. The van der Waals surface area contributed by atoms with E-state index in [1.165, 1.54) is 18.5 Å². The average molecular weight is 732 g/mol. The highest BCUT2D eigenvalue weighted by Gasteiger charge is 2.42. The number of nitrogens with zero attached hydrogens (tertiary/aromatic N) is 1. The zero-order chi connectivity index (χ0) is 38.0. The summed E-state index contributed by atoms with van der Waals surface area (Å²) in [6.45, 7) is 20.5. The summed E-state index contributed by atoms with van der Waals surface area (Å²) in [6, 6.07) is 14.3. The fourth-order valence-electron chi connectivity index (χ4n) is 5.35. The average Bonchev–Trinajstić information content (AvgIpc) is 3.04. The van der Waals surface area contributed by atoms with Crippen molar-refractivity contribution in [3.63, 3.8) is 0 Å². The molecule has 2 amide bonds. The van der Waals surface area contributed by atoms with Crippen LogP contribution < -0.4 is 14.9 Å². The molecule has 0 unspecified atom stereocenters. The monoisotopic (exact) mass is 731 g/mol. The minimum atomic E-state index is -3.72. The van der Waals surface area contributed by atoms with Gasteiger partial charge >= 0.3 is 5.97 Å². The number of ether oxygens (including phenoxy) is 1. The SMILES string of the molecule is CC[C@@H](C)[C@H](NC(=O)[C@H](C)C[C@H](O[Si](C)(C)C(C)(C)C)[C@H](CC(C)C)NC(=O)c1cccc(N(C)S(=O)(=O)Cc2ccccc2)c1)C(=O)OC. The van der Waals surface area contributed by atoms with Crippen LogP contribution in [0, 0.1) is 17.8 Å². The summed E-state index contributed by atoms with van der Waals surface area (Å²) in [5, 5.41) is 5.98. The molecule has 0 radical (unpaired) electrons. The Balaban J connectivity index is 2.43. The number of hydrogen-bond acceptors (Lipinski definition) is 7. The zero-order valence-corrected chi connectivity index (χ0v) is 34.0. The molecule has 0 aliphatic carbocycles. The van der Waals surface area contributed by atoms with Crippen LogP contribution in [-0.4, -0.2) is 66.9 Å². The second-order valence-electron chi connectivity index (χ2n) is 15.4. The smallest absolute Gasteiger partial charge is 0.328 e. The number of hydrogen-bond donors (Lipinski definition) is 2. The Morgan fingerprint density at radius 2 is 1.54 bits per heavy atom. The third-order valence-corrected chi connectivity index (χ3v) is 16.1. The first kappa shape index (κ1) is 42.9. The van der Waals surface area contributed by atoms with Gasteiger partial charge in [-0.1, -0.05) is 98.2 Å². The van der Waals surface area contributed by atoms with Crippen molar-refractivity contribution in [3.8, 4) is 0 Å². The van der Waals surface area contributed by atoms with Crippen LogP contribution in [0.25, 0.3) is 0 Å². The van der Waals surface area contributed by atoms with Crippen LogP contribution >= 0.6 is 0 Å². The molecule has 2 N–H and O–H groups in total. The van der Waals surface area contributed by atoms with Gasteiger partial charge in [-0.25, -0.2) is 13.2 Å². The molecule has 0 fully saturated rings. The summed E-state index contributed by atoms with van der Waals surface area (Å²) < 4.78 is 39.7. The predicted octanol–water partition coefficient (Wildman–Crippen LogP) is 6.92. The normalized spacial score (nSPS) is 15.4. The summed E-state index contributed by atoms with van der Waals surface area (Å²) in [6.07, 6.45) is 1.07. The van der Waals surface area contributed by atoms with Crippen molar-refractivity contribution in [2.75, 3.05) is 18.5 Å². The maximum atomic E-state index is 13.9. The summed E-state index contributed by atoms with van der Waals surface area (Å²) in [5.74, 6) is -1.79. The quantitative estimate of drug-likeness (QED) is 0.126. The Labute approximate surface area is 302 Å². The van der Waals surface area contributed by atoms with Crippen LogP contribution in [-0.2, 0) is 34.5 Å². The van der Waals surface area contributed by atoms with Gasteiger partial charge in [0.05, 0.1) is 30.7 Å². The van der Waals surface area contributed by atoms with Gasteiger partial charge in [-0.2, -0.15) is 0 Å². The van der Waals surface area contributed by atoms with Gasteiger partial charge in [-0.3, -0.25) is 13.9 Å². The van der Waals surface area contributed by atoms with Gasteiger partial charge in [0.1, 0.15) is 6.04 Å². The van der Waals surface area contributed by atoms with E-state index in [1.807, 2.05) is 26.8 Å². The summed E-state index contributed by atoms with van der Waals surface area (Å²) >= 11 is 0. The van der Waals surface area contributed by atoms with Crippen molar-refractivity contribution < 1.29 is 32.0 Å². The molecule has 0 aliphatic heterocycles. The molecule has 10 nitrogen and oxygen atoms in total. The Morgan fingerprint density at radius 3 is 2.08 bits per heavy atom. The molecule has 0 aromatic heterocycles. The fraction of sp³-hybridized carbons (Fsp3) is 0.605. The molecule has 0 saturated heterocycles. The zero-order valence-electron chi connectivity index (χ0n) is 32.2. The number of methoxy groups -OCH3 is 1. The first-order valence-electron chi connectivity index (χ1n) is 17.6. The minimum Gasteiger partial charge on any atom is -0.467 e. The van der Waals surface area contributed by atoms with E-state index in [2.05, 4.69) is 58.3 Å². The molecule has 2 aromatic carbocycles. The van der Waals surface area contributed by atoms with Crippen molar-refractivity contribution in [2.24, 2.45) is 17.8 Å². The van der Waals surface area contributed by atoms with Gasteiger partial charge < -0.3 is 19.8 Å². The number of carbonyl (C=O) groups excluding carboxylic acids is 3. The molecule has 0 aliphatic rings. The van der Waals surface area contributed by atoms with E-state index in [0.717, 1.165) is 0 Å². The molecule has 12 heteroatoms. The molecular weight excluding hydrogens is 671 g/mol. The van der Waals surface area contributed by atoms with Gasteiger partial charge in [0.15, 0.2) is 8.32 Å². The van der Waals surface area contributed by atoms with Crippen molar-refractivity contribution in [2.45, 2.75) is 117 Å². The molecule has 0 saturated carbocycles. The Kier molecular flexibility index (Phi) is 15.7. The van der Waals surface area contributed by atoms with E-state index in [1.54, 1.807) is 48.5 Å². The third kappa shape index (κ3) is 12.2. The number of sulfonamides is 1. The number of benzene rings is 2. The summed E-state index contributed by atoms with van der Waals surface area (Å²) in [5.41, 5.74) is 1.35. The summed E-state index contributed by atoms with van der Waals surface area (Å²) in [4.78, 5) is 40.1. The fourth-order valence-corrected chi connectivity index (χ4v) is 7.96. The van der Waals surface area contributed by atoms with Crippen LogP contribution in [0.5, 0.6) is 0 Å². The van der Waals surface area contributed by atoms with E-state index in [4.69, 9.17) is 9.16 Å². The van der Waals surface area contributed by atoms with Crippen LogP contribution in [0.1, 0.15) is 90.6 Å². The van der Waals surface area contributed by atoms with Crippen LogP contribution in [0.15, 0.2) is 54.6 Å². The lowest BCUT2D eigenvalue weighted by Crippen LogP contribution is -2.54. The number of esters is 1. The van der Waals surface area contributed by atoms with E-state index in [9.17, 15) is 22.8 Å². The minimum absolute atomic E-state index is 0.117. The van der Waals surface area contributed by atoms with Crippen molar-refractivity contribution in [1.82, 2.24) is 10.6 Å². The van der Waals surface area contributed by atoms with Gasteiger partial charge in [0.25, 0.3) is 5.91 Å². The first-order valence-corrected chi connectivity index (χ1v) is 22.1. The Hall–Kier alpha value is -3.22. The Bertz CT molecular complexity index is 1530. The summed E-state index contributed by atoms with van der Waals surface area (Å²) in [7, 11) is -3.32. The lowest BCUT2D eigenvalue weighted by molar-refractivity contribution is -0.147. The number of anilines is 1. The maximum Gasteiger partial charge on any atom is 0.328 e. The maximum absolute atomic E-state index is 13.9. The highest BCUT2D eigenvalue weighted by molar-refractivity contribution is 7.92. The Morgan fingerprint density at radius 1 is 0.920 bits per heavy atom. The van der Waals surface area contributed by atoms with Gasteiger partial charge in [0.2, 0.25) is 15.9 Å². The molecule has 0 heterocycles. The molecule has 50 heavy (non-hydrogen) atoms. The van der Waals surface area contributed by atoms with Gasteiger partial charge in [-0.15, -0.1) is 0 Å². The van der Waals surface area contributed by atoms with Crippen molar-refractivity contribution in [3.05, 3.63) is 65.7 Å². The van der Waals surface area contributed by atoms with Gasteiger partial charge in [-0.05, 0) is 66.6 Å². The topological polar surface area (TPSA) is 131 Å². The lowest BCUT2D eigenvalue weighted by atomic mass is 9.91. The standard InChI is InChI=1S/C38H61N3O7SSi/c1-13-27(4)34(37(44)47-10)40-35(42)28(5)23-33(48-50(11,12)38(6,7)8)32(22-26(2)3)39-36(43)30-20-17-21-31(24-30)41(9)49(45,46)25-29-18-15-14-16-19-29/h14-21,24,26-28,32-34H,13,22-23,25H2,1-12H3,(H,39,43)(H,40,42)/t27-,28-,32+,33+,34+/m1/s1. The lowest BCUT2D eigenvalue weighted by Gasteiger charge is -2.42. The largest absolute Gasteiger partial charge is 0.467 e. The molecule has 0 bridgehead atoms. The second-order valence-corrected chi connectivity index (χ2v) is 22.2. The number of nitrogens with one attached hydrogen (secondary N) is 2. The number of carbonyl (C=O) groups is 3. The molecule has 5 atom stereocenters. The molecular formula is C38H61N3O7SSi. The highest BCUT2D eigenvalue weighted by Crippen LogP contribution is 2.39. The van der Waals surface area contributed by atoms with E-state index in [0.29, 0.717) is 36.1 Å². The first-order chi connectivity index (χ1) is 23.1. The molecule has 0 spiro atoms. The highest BCUT2D eigenvalue weighted by atomic mass is 32.2. The van der Waals surface area contributed by atoms with E-state index in [-0.39, 0.29) is 34.4 Å². The second kappa shape index (κ2) is 18.3. The van der Waals surface area contributed by atoms with E-state index >= 15 is 0 Å². The van der Waals surface area contributed by atoms with Crippen molar-refractivity contribution >= 4 is 41.8 Å². The van der Waals surface area contributed by atoms with Crippen molar-refractivity contribution in [1.29, 1.82) is 0 Å². The third-order valence-electron chi connectivity index (χ3n) is 9.82. The molecule has 280 valence electrons. The number of rotatable bonds is 18. The van der Waals surface area contributed by atoms with Crippen LogP contribution in [0.4, 0.5) is 5.69 Å².